The second-order valence-corrected chi connectivity index (χ2v) is 15.3. The molecule has 284 valence electrons. The van der Waals surface area contributed by atoms with Crippen molar-refractivity contribution in [3.63, 3.8) is 0 Å². The van der Waals surface area contributed by atoms with Gasteiger partial charge in [-0.1, -0.05) is 53.5 Å². The molecule has 3 aromatic carbocycles. The first-order chi connectivity index (χ1) is 25.2. The van der Waals surface area contributed by atoms with Crippen LogP contribution in [-0.2, 0) is 42.9 Å². The molecule has 2 heterocycles. The number of carboxylic acid groups (broad SMARTS) is 1. The van der Waals surface area contributed by atoms with Gasteiger partial charge in [-0.05, 0) is 106 Å². The van der Waals surface area contributed by atoms with Gasteiger partial charge in [0.25, 0.3) is 0 Å². The van der Waals surface area contributed by atoms with Crippen molar-refractivity contribution in [1.29, 1.82) is 0 Å². The molecule has 53 heavy (non-hydrogen) atoms. The molecule has 0 fully saturated rings. The van der Waals surface area contributed by atoms with Crippen molar-refractivity contribution in [2.45, 2.75) is 90.6 Å². The van der Waals surface area contributed by atoms with Gasteiger partial charge in [0.2, 0.25) is 0 Å². The van der Waals surface area contributed by atoms with Gasteiger partial charge in [-0.15, -0.1) is 0 Å². The molecule has 5 rings (SSSR count). The van der Waals surface area contributed by atoms with Gasteiger partial charge < -0.3 is 24.0 Å². The summed E-state index contributed by atoms with van der Waals surface area (Å²) >= 11 is 10.9. The Balaban J connectivity index is 1.58. The Bertz CT molecular complexity index is 2140. The standard InChI is InChI=1S/C41H49BrClFN4O5/c1-8-25-23-30(43)35(36-31(9-2)45-47(7)32(36)24-42)38-34(25)29(15-13-21-52-33-16-12-14-26-22-27(44)17-18-28(26)33)37(39(49)50)48(38)20-11-10-19-46(6)40(51)53-41(3,4)5/h12,14,16-18,22-23H,8-11,13,15,19-21,24H2,1-7H3,(H,49,50). The number of rotatable bonds is 15. The van der Waals surface area contributed by atoms with Gasteiger partial charge in [0.15, 0.2) is 0 Å². The minimum absolute atomic E-state index is 0.224. The van der Waals surface area contributed by atoms with Gasteiger partial charge in [-0.3, -0.25) is 4.68 Å². The Hall–Kier alpha value is -4.09. The van der Waals surface area contributed by atoms with E-state index in [0.717, 1.165) is 55.3 Å². The highest BCUT2D eigenvalue weighted by molar-refractivity contribution is 9.08. The van der Waals surface area contributed by atoms with E-state index in [4.69, 9.17) is 26.2 Å². The highest BCUT2D eigenvalue weighted by Gasteiger charge is 2.30. The second kappa shape index (κ2) is 16.9. The number of unbranched alkanes of at least 4 members (excludes halogenated alkanes) is 1. The lowest BCUT2D eigenvalue weighted by Crippen LogP contribution is -2.34. The first-order valence-corrected chi connectivity index (χ1v) is 19.7. The quantitative estimate of drug-likeness (QED) is 0.0835. The van der Waals surface area contributed by atoms with E-state index in [-0.39, 0.29) is 11.5 Å². The van der Waals surface area contributed by atoms with Crippen LogP contribution in [0.1, 0.15) is 86.9 Å². The smallest absolute Gasteiger partial charge is 0.410 e. The number of aromatic nitrogens is 3. The maximum Gasteiger partial charge on any atom is 0.410 e. The highest BCUT2D eigenvalue weighted by Crippen LogP contribution is 2.45. The van der Waals surface area contributed by atoms with E-state index in [1.54, 1.807) is 18.0 Å². The molecule has 0 radical (unpaired) electrons. The third-order valence-electron chi connectivity index (χ3n) is 9.46. The normalized spacial score (nSPS) is 11.8. The largest absolute Gasteiger partial charge is 0.493 e. The number of carbonyl (C=O) groups excluding carboxylic acids is 1. The van der Waals surface area contributed by atoms with Crippen molar-refractivity contribution in [3.8, 4) is 16.9 Å². The van der Waals surface area contributed by atoms with Gasteiger partial charge in [-0.25, -0.2) is 14.0 Å². The van der Waals surface area contributed by atoms with Crippen LogP contribution in [0.3, 0.4) is 0 Å². The summed E-state index contributed by atoms with van der Waals surface area (Å²) in [5.74, 6) is -0.686. The van der Waals surface area contributed by atoms with Crippen LogP contribution in [0.25, 0.3) is 32.8 Å². The number of aromatic carboxylic acids is 1. The SMILES string of the molecule is CCc1nn(C)c(CBr)c1-c1c(Cl)cc(CC)c2c(CCCOc3cccc4cc(F)ccc34)c(C(=O)O)n(CCCCN(C)C(=O)OC(C)(C)C)c12. The number of ether oxygens (including phenoxy) is 2. The average Bonchev–Trinajstić information content (AvgIpc) is 3.60. The molecule has 0 atom stereocenters. The Labute approximate surface area is 324 Å². The summed E-state index contributed by atoms with van der Waals surface area (Å²) in [7, 11) is 3.62. The van der Waals surface area contributed by atoms with Crippen LogP contribution in [0.5, 0.6) is 5.75 Å². The Morgan fingerprint density at radius 1 is 1.06 bits per heavy atom. The lowest BCUT2D eigenvalue weighted by atomic mass is 9.93. The minimum atomic E-state index is -1.02. The molecule has 0 saturated carbocycles. The lowest BCUT2D eigenvalue weighted by molar-refractivity contribution is 0.0296. The third kappa shape index (κ3) is 8.67. The summed E-state index contributed by atoms with van der Waals surface area (Å²) in [5, 5.41) is 19.3. The fourth-order valence-corrected chi connectivity index (χ4v) is 8.02. The van der Waals surface area contributed by atoms with E-state index < -0.39 is 17.7 Å². The summed E-state index contributed by atoms with van der Waals surface area (Å²) in [4.78, 5) is 27.6. The number of carboxylic acids is 1. The van der Waals surface area contributed by atoms with Crippen molar-refractivity contribution < 1.29 is 28.6 Å². The number of benzene rings is 3. The molecule has 1 amide bonds. The van der Waals surface area contributed by atoms with Gasteiger partial charge >= 0.3 is 12.1 Å². The van der Waals surface area contributed by atoms with Crippen LogP contribution in [0.4, 0.5) is 9.18 Å². The van der Waals surface area contributed by atoms with Crippen molar-refractivity contribution in [2.24, 2.45) is 7.05 Å². The zero-order chi connectivity index (χ0) is 38.6. The Morgan fingerprint density at radius 2 is 1.81 bits per heavy atom. The maximum atomic E-state index is 13.9. The van der Waals surface area contributed by atoms with Gasteiger partial charge in [0, 0.05) is 54.4 Å². The van der Waals surface area contributed by atoms with Gasteiger partial charge in [0.05, 0.1) is 28.5 Å². The van der Waals surface area contributed by atoms with Crippen molar-refractivity contribution in [1.82, 2.24) is 19.2 Å². The molecule has 2 aromatic heterocycles. The van der Waals surface area contributed by atoms with E-state index in [1.807, 2.05) is 61.3 Å². The molecule has 12 heteroatoms. The van der Waals surface area contributed by atoms with Crippen molar-refractivity contribution in [2.75, 3.05) is 20.2 Å². The number of fused-ring (bicyclic) bond motifs is 2. The van der Waals surface area contributed by atoms with E-state index >= 15 is 0 Å². The van der Waals surface area contributed by atoms with Crippen LogP contribution in [0.2, 0.25) is 5.02 Å². The third-order valence-corrected chi connectivity index (χ3v) is 10.3. The summed E-state index contributed by atoms with van der Waals surface area (Å²) in [5.41, 5.74) is 5.61. The predicted molar refractivity (Wildman–Crippen MR) is 213 cm³/mol. The number of nitrogens with zero attached hydrogens (tertiary/aromatic N) is 4. The highest BCUT2D eigenvalue weighted by atomic mass is 79.9. The van der Waals surface area contributed by atoms with Crippen LogP contribution in [0.15, 0.2) is 42.5 Å². The molecule has 0 spiro atoms. The number of alkyl halides is 1. The molecular weight excluding hydrogens is 763 g/mol. The first-order valence-electron chi connectivity index (χ1n) is 18.2. The molecule has 0 aliphatic carbocycles. The molecule has 5 aromatic rings. The molecule has 0 unspecified atom stereocenters. The molecule has 0 aliphatic heterocycles. The monoisotopic (exact) mass is 810 g/mol. The Kier molecular flexibility index (Phi) is 12.8. The van der Waals surface area contributed by atoms with Crippen LogP contribution in [0, 0.1) is 5.82 Å². The first kappa shape index (κ1) is 40.1. The number of hydrogen-bond donors (Lipinski definition) is 1. The van der Waals surface area contributed by atoms with Gasteiger partial charge in [-0.2, -0.15) is 5.10 Å². The van der Waals surface area contributed by atoms with Crippen LogP contribution >= 0.6 is 27.5 Å². The number of aryl methyl sites for hydroxylation is 5. The van der Waals surface area contributed by atoms with Crippen LogP contribution < -0.4 is 4.74 Å². The van der Waals surface area contributed by atoms with Crippen molar-refractivity contribution in [3.05, 3.63) is 81.5 Å². The summed E-state index contributed by atoms with van der Waals surface area (Å²) < 4.78 is 29.4. The molecule has 0 aliphatic rings. The molecule has 0 bridgehead atoms. The molecular formula is C41H49BrClFN4O5. The maximum absolute atomic E-state index is 13.9. The zero-order valence-electron chi connectivity index (χ0n) is 31.6. The number of halogens is 3. The van der Waals surface area contributed by atoms with E-state index in [0.29, 0.717) is 74.3 Å². The minimum Gasteiger partial charge on any atom is -0.493 e. The summed E-state index contributed by atoms with van der Waals surface area (Å²) in [6.45, 7) is 10.8. The average molecular weight is 812 g/mol. The van der Waals surface area contributed by atoms with E-state index in [9.17, 15) is 19.1 Å². The number of amides is 1. The summed E-state index contributed by atoms with van der Waals surface area (Å²) in [6, 6.07) is 12.1. The van der Waals surface area contributed by atoms with E-state index in [1.165, 1.54) is 12.1 Å². The molecule has 0 saturated heterocycles. The predicted octanol–water partition coefficient (Wildman–Crippen LogP) is 10.4. The number of carbonyl (C=O) groups is 2. The zero-order valence-corrected chi connectivity index (χ0v) is 34.0. The van der Waals surface area contributed by atoms with Gasteiger partial charge in [0.1, 0.15) is 22.9 Å². The summed E-state index contributed by atoms with van der Waals surface area (Å²) in [6.07, 6.45) is 3.13. The topological polar surface area (TPSA) is 98.8 Å². The van der Waals surface area contributed by atoms with Crippen molar-refractivity contribution >= 4 is 61.3 Å². The fraction of sp³-hybridized carbons (Fsp3) is 0.439. The second-order valence-electron chi connectivity index (χ2n) is 14.3. The van der Waals surface area contributed by atoms with E-state index in [2.05, 4.69) is 29.8 Å². The number of hydrogen-bond acceptors (Lipinski definition) is 5. The molecule has 1 N–H and O–H groups in total. The fourth-order valence-electron chi connectivity index (χ4n) is 7.06. The Morgan fingerprint density at radius 3 is 2.47 bits per heavy atom. The lowest BCUT2D eigenvalue weighted by Gasteiger charge is -2.24. The van der Waals surface area contributed by atoms with Crippen LogP contribution in [-0.4, -0.2) is 62.2 Å². The molecule has 9 nitrogen and oxygen atoms in total.